The van der Waals surface area contributed by atoms with Gasteiger partial charge in [0.15, 0.2) is 0 Å². The first-order valence-electron chi connectivity index (χ1n) is 9.10. The summed E-state index contributed by atoms with van der Waals surface area (Å²) in [5.41, 5.74) is 4.78. The highest BCUT2D eigenvalue weighted by Gasteiger charge is 2.46. The second-order valence-electron chi connectivity index (χ2n) is 6.47. The molecule has 2 aromatic carbocycles. The van der Waals surface area contributed by atoms with Crippen molar-refractivity contribution in [3.05, 3.63) is 47.5 Å². The van der Waals surface area contributed by atoms with E-state index in [1.807, 2.05) is 19.9 Å². The zero-order valence-corrected chi connectivity index (χ0v) is 17.0. The normalized spacial score (nSPS) is 21.9. The lowest BCUT2D eigenvalue weighted by atomic mass is 9.99. The number of thiol groups is 1. The highest BCUT2D eigenvalue weighted by molar-refractivity contribution is 7.79. The minimum absolute atomic E-state index is 0.150. The summed E-state index contributed by atoms with van der Waals surface area (Å²) in [6, 6.07) is 8.80. The van der Waals surface area contributed by atoms with E-state index in [2.05, 4.69) is 75.5 Å². The molecule has 25 heavy (non-hydrogen) atoms. The van der Waals surface area contributed by atoms with Gasteiger partial charge in [0.25, 0.3) is 0 Å². The van der Waals surface area contributed by atoms with Crippen molar-refractivity contribution in [2.24, 2.45) is 4.99 Å². The van der Waals surface area contributed by atoms with Gasteiger partial charge in [0.1, 0.15) is 0 Å². The van der Waals surface area contributed by atoms with Crippen molar-refractivity contribution >= 4 is 41.4 Å². The van der Waals surface area contributed by atoms with Crippen molar-refractivity contribution in [3.63, 3.8) is 0 Å². The third-order valence-electron chi connectivity index (χ3n) is 5.05. The van der Waals surface area contributed by atoms with Crippen molar-refractivity contribution in [1.82, 2.24) is 4.90 Å². The molecule has 1 saturated heterocycles. The smallest absolute Gasteiger partial charge is 0.0705 e. The van der Waals surface area contributed by atoms with Crippen molar-refractivity contribution in [1.29, 1.82) is 0 Å². The summed E-state index contributed by atoms with van der Waals surface area (Å²) in [5, 5.41) is 2.45. The molecular weight excluding hydrogens is 324 g/mol. The summed E-state index contributed by atoms with van der Waals surface area (Å²) >= 11 is 4.43. The minimum Gasteiger partial charge on any atom is -0.293 e. The fraction of sp³-hybridized carbons (Fsp3) is 0.409. The van der Waals surface area contributed by atoms with Crippen LogP contribution in [0.5, 0.6) is 0 Å². The van der Waals surface area contributed by atoms with Crippen LogP contribution in [0.25, 0.3) is 16.8 Å². The lowest BCUT2D eigenvalue weighted by Crippen LogP contribution is -2.16. The zero-order valence-electron chi connectivity index (χ0n) is 16.1. The number of nitrogens with zero attached hydrogens (tertiary/aromatic N) is 2. The predicted octanol–water partition coefficient (Wildman–Crippen LogP) is 6.04. The van der Waals surface area contributed by atoms with Gasteiger partial charge in [-0.25, -0.2) is 0 Å². The highest BCUT2D eigenvalue weighted by atomic mass is 32.1. The van der Waals surface area contributed by atoms with Crippen molar-refractivity contribution < 1.29 is 0 Å². The van der Waals surface area contributed by atoms with Crippen molar-refractivity contribution in [2.45, 2.75) is 45.4 Å². The number of fused-ring (bicyclic) bond motifs is 1. The fourth-order valence-electron chi connectivity index (χ4n) is 3.14. The lowest BCUT2D eigenvalue weighted by molar-refractivity contribution is 0.553. The van der Waals surface area contributed by atoms with E-state index in [9.17, 15) is 0 Å². The molecule has 1 aliphatic rings. The number of aryl methyl sites for hydroxylation is 1. The van der Waals surface area contributed by atoms with Crippen LogP contribution in [0.1, 0.15) is 43.9 Å². The molecule has 0 amide bonds. The molecule has 1 fully saturated rings. The molecule has 0 aromatic heterocycles. The molecule has 0 aliphatic carbocycles. The maximum absolute atomic E-state index is 4.80. The van der Waals surface area contributed by atoms with Crippen LogP contribution in [0.2, 0.25) is 0 Å². The molecule has 2 aromatic rings. The Labute approximate surface area is 158 Å². The molecule has 0 N–H and O–H groups in total. The molecule has 1 heterocycles. The van der Waals surface area contributed by atoms with E-state index in [0.29, 0.717) is 0 Å². The van der Waals surface area contributed by atoms with E-state index in [1.54, 1.807) is 0 Å². The van der Waals surface area contributed by atoms with E-state index in [0.717, 1.165) is 30.0 Å². The number of benzene rings is 2. The molecule has 0 bridgehead atoms. The summed E-state index contributed by atoms with van der Waals surface area (Å²) in [6.45, 7) is 13.4. The van der Waals surface area contributed by atoms with Gasteiger partial charge in [-0.05, 0) is 60.5 Å². The Morgan fingerprint density at radius 2 is 1.88 bits per heavy atom. The molecule has 1 aliphatic heterocycles. The van der Waals surface area contributed by atoms with Crippen LogP contribution >= 0.6 is 12.6 Å². The number of hydrogen-bond acceptors (Lipinski definition) is 3. The minimum atomic E-state index is 0.150. The Balaban J connectivity index is 0.00000109. The van der Waals surface area contributed by atoms with Gasteiger partial charge in [-0.1, -0.05) is 39.5 Å². The largest absolute Gasteiger partial charge is 0.293 e. The molecular formula is C22H30N2S. The SMILES string of the molecule is C=Cc1cc2cc(C)c(CS)cc2cc1N=CC1(CC)CN1C.CC. The van der Waals surface area contributed by atoms with Crippen LogP contribution < -0.4 is 0 Å². The lowest BCUT2D eigenvalue weighted by Gasteiger charge is -2.10. The van der Waals surface area contributed by atoms with Crippen LogP contribution in [-0.2, 0) is 5.75 Å². The first kappa shape index (κ1) is 19.7. The van der Waals surface area contributed by atoms with Gasteiger partial charge in [-0.3, -0.25) is 9.89 Å². The maximum Gasteiger partial charge on any atom is 0.0705 e. The number of likely N-dealkylation sites (N-methyl/N-ethyl adjacent to an activating group) is 1. The molecule has 134 valence electrons. The Morgan fingerprint density at radius 3 is 2.40 bits per heavy atom. The van der Waals surface area contributed by atoms with Gasteiger partial charge in [0.05, 0.1) is 11.2 Å². The number of rotatable bonds is 5. The van der Waals surface area contributed by atoms with Crippen LogP contribution in [0.15, 0.2) is 35.8 Å². The Morgan fingerprint density at radius 1 is 1.24 bits per heavy atom. The summed E-state index contributed by atoms with van der Waals surface area (Å²) < 4.78 is 0. The van der Waals surface area contributed by atoms with E-state index >= 15 is 0 Å². The first-order chi connectivity index (χ1) is 12.0. The van der Waals surface area contributed by atoms with Gasteiger partial charge in [0, 0.05) is 24.1 Å². The van der Waals surface area contributed by atoms with Crippen LogP contribution in [-0.4, -0.2) is 30.2 Å². The second kappa shape index (κ2) is 8.20. The van der Waals surface area contributed by atoms with Crippen LogP contribution in [0.4, 0.5) is 5.69 Å². The van der Waals surface area contributed by atoms with E-state index in [1.165, 1.54) is 21.9 Å². The average Bonchev–Trinajstić information content (AvgIpc) is 3.30. The van der Waals surface area contributed by atoms with Gasteiger partial charge in [-0.2, -0.15) is 12.6 Å². The second-order valence-corrected chi connectivity index (χ2v) is 6.79. The van der Waals surface area contributed by atoms with Gasteiger partial charge >= 0.3 is 0 Å². The van der Waals surface area contributed by atoms with E-state index in [-0.39, 0.29) is 5.54 Å². The monoisotopic (exact) mass is 354 g/mol. The van der Waals surface area contributed by atoms with Crippen LogP contribution in [0.3, 0.4) is 0 Å². The summed E-state index contributed by atoms with van der Waals surface area (Å²) in [7, 11) is 2.14. The third kappa shape index (κ3) is 3.99. The first-order valence-corrected chi connectivity index (χ1v) is 9.73. The molecule has 3 rings (SSSR count). The highest BCUT2D eigenvalue weighted by Crippen LogP contribution is 2.34. The van der Waals surface area contributed by atoms with Gasteiger partial charge < -0.3 is 0 Å². The molecule has 2 nitrogen and oxygen atoms in total. The maximum atomic E-state index is 4.80. The Bertz CT molecular complexity index is 790. The van der Waals surface area contributed by atoms with Crippen molar-refractivity contribution in [3.8, 4) is 0 Å². The molecule has 2 atom stereocenters. The zero-order chi connectivity index (χ0) is 18.6. The summed E-state index contributed by atoms with van der Waals surface area (Å²) in [5.74, 6) is 0.757. The van der Waals surface area contributed by atoms with Crippen LogP contribution in [0, 0.1) is 6.92 Å². The Hall–Kier alpha value is -1.58. The standard InChI is InChI=1S/C20H24N2S.C2H6/c1-5-15-8-16-7-14(3)18(11-23)9-17(16)10-19(15)21-12-20(6-2)13-22(20)4;1-2/h5,7-10,12,23H,1,6,11,13H2,2-4H3;1-2H3. The molecule has 3 heteroatoms. The number of hydrogen-bond donors (Lipinski definition) is 1. The average molecular weight is 355 g/mol. The third-order valence-corrected chi connectivity index (χ3v) is 5.40. The van der Waals surface area contributed by atoms with E-state index < -0.39 is 0 Å². The quantitative estimate of drug-likeness (QED) is 0.393. The van der Waals surface area contributed by atoms with Gasteiger partial charge in [0.2, 0.25) is 0 Å². The molecule has 0 spiro atoms. The topological polar surface area (TPSA) is 15.4 Å². The summed E-state index contributed by atoms with van der Waals surface area (Å²) in [4.78, 5) is 7.13. The molecule has 0 saturated carbocycles. The predicted molar refractivity (Wildman–Crippen MR) is 117 cm³/mol. The molecule has 2 unspecified atom stereocenters. The number of aliphatic imine (C=N–C) groups is 1. The van der Waals surface area contributed by atoms with Gasteiger partial charge in [-0.15, -0.1) is 0 Å². The van der Waals surface area contributed by atoms with Crippen molar-refractivity contribution in [2.75, 3.05) is 13.6 Å². The van der Waals surface area contributed by atoms with E-state index in [4.69, 9.17) is 4.99 Å². The Kier molecular flexibility index (Phi) is 6.47. The fourth-order valence-corrected chi connectivity index (χ4v) is 3.48. The summed E-state index contributed by atoms with van der Waals surface area (Å²) in [6.07, 6.45) is 5.09. The molecule has 0 radical (unpaired) electrons.